The summed E-state index contributed by atoms with van der Waals surface area (Å²) in [5.74, 6) is -0.680. The lowest BCUT2D eigenvalue weighted by Crippen LogP contribution is -2.40. The molecule has 0 aromatic carbocycles. The highest BCUT2D eigenvalue weighted by atomic mass is 16.3. The summed E-state index contributed by atoms with van der Waals surface area (Å²) in [5.41, 5.74) is 4.89. The predicted octanol–water partition coefficient (Wildman–Crippen LogP) is -1.24. The average Bonchev–Trinajstić information content (AvgIpc) is 2.17. The van der Waals surface area contributed by atoms with Crippen molar-refractivity contribution in [3.8, 4) is 0 Å². The fourth-order valence-corrected chi connectivity index (χ4v) is 1.12. The van der Waals surface area contributed by atoms with E-state index in [9.17, 15) is 4.79 Å². The van der Waals surface area contributed by atoms with Gasteiger partial charge in [-0.3, -0.25) is 4.79 Å². The van der Waals surface area contributed by atoms with E-state index in [1.807, 2.05) is 0 Å². The lowest BCUT2D eigenvalue weighted by atomic mass is 10.3. The molecule has 84 valence electrons. The molecular formula is C9H21N3O2. The smallest absolute Gasteiger partial charge is 0.247 e. The Labute approximate surface area is 85.3 Å². The molecule has 5 nitrogen and oxygen atoms in total. The van der Waals surface area contributed by atoms with Crippen molar-refractivity contribution in [2.24, 2.45) is 5.73 Å². The molecule has 0 heterocycles. The van der Waals surface area contributed by atoms with Crippen molar-refractivity contribution in [2.45, 2.75) is 20.0 Å². The maximum Gasteiger partial charge on any atom is 0.247 e. The number of nitrogens with one attached hydrogen (secondary N) is 1. The van der Waals surface area contributed by atoms with Crippen LogP contribution in [-0.2, 0) is 4.79 Å². The highest BCUT2D eigenvalue weighted by Gasteiger charge is 2.09. The maximum atomic E-state index is 10.5. The number of amides is 1. The molecule has 0 aliphatic carbocycles. The molecule has 1 unspecified atom stereocenters. The minimum Gasteiger partial charge on any atom is -0.382 e. The first kappa shape index (κ1) is 13.4. The number of hydrogen-bond acceptors (Lipinski definition) is 4. The topological polar surface area (TPSA) is 78.6 Å². The molecule has 0 aromatic heterocycles. The van der Waals surface area contributed by atoms with E-state index < -0.39 is 12.0 Å². The maximum absolute atomic E-state index is 10.5. The number of hydrogen-bond donors (Lipinski definition) is 3. The minimum atomic E-state index is -1.08. The summed E-state index contributed by atoms with van der Waals surface area (Å²) in [6.45, 7) is 8.12. The number of nitrogens with two attached hydrogens (primary N) is 1. The highest BCUT2D eigenvalue weighted by molar-refractivity contribution is 5.78. The van der Waals surface area contributed by atoms with Crippen molar-refractivity contribution in [3.05, 3.63) is 0 Å². The molecule has 5 heteroatoms. The van der Waals surface area contributed by atoms with E-state index in [0.717, 1.165) is 26.2 Å². The molecule has 0 saturated carbocycles. The van der Waals surface area contributed by atoms with Crippen molar-refractivity contribution in [2.75, 3.05) is 32.7 Å². The number of carbonyl (C=O) groups excluding carboxylic acids is 1. The summed E-state index contributed by atoms with van der Waals surface area (Å²) < 4.78 is 0. The summed E-state index contributed by atoms with van der Waals surface area (Å²) in [6, 6.07) is 0. The molecule has 14 heavy (non-hydrogen) atoms. The zero-order chi connectivity index (χ0) is 11.0. The van der Waals surface area contributed by atoms with Crippen LogP contribution in [0.25, 0.3) is 0 Å². The Morgan fingerprint density at radius 2 is 2.07 bits per heavy atom. The monoisotopic (exact) mass is 203 g/mol. The summed E-state index contributed by atoms with van der Waals surface area (Å²) in [7, 11) is 0. The van der Waals surface area contributed by atoms with Crippen LogP contribution in [0.1, 0.15) is 13.8 Å². The molecule has 0 fully saturated rings. The molecule has 0 spiro atoms. The summed E-state index contributed by atoms with van der Waals surface area (Å²) in [5, 5.41) is 12.0. The predicted molar refractivity (Wildman–Crippen MR) is 55.9 cm³/mol. The van der Waals surface area contributed by atoms with Gasteiger partial charge in [-0.2, -0.15) is 0 Å². The van der Waals surface area contributed by atoms with Gasteiger partial charge in [-0.05, 0) is 13.1 Å². The Bertz CT molecular complexity index is 160. The Morgan fingerprint density at radius 3 is 2.50 bits per heavy atom. The molecule has 1 amide bonds. The first-order valence-electron chi connectivity index (χ1n) is 5.02. The van der Waals surface area contributed by atoms with E-state index in [0.29, 0.717) is 0 Å². The lowest BCUT2D eigenvalue weighted by Gasteiger charge is -2.18. The van der Waals surface area contributed by atoms with Gasteiger partial charge in [-0.25, -0.2) is 0 Å². The van der Waals surface area contributed by atoms with Gasteiger partial charge in [0.05, 0.1) is 0 Å². The van der Waals surface area contributed by atoms with Crippen LogP contribution in [0.3, 0.4) is 0 Å². The number of aliphatic hydroxyl groups excluding tert-OH is 1. The molecule has 0 saturated heterocycles. The molecule has 0 aliphatic rings. The third-order valence-electron chi connectivity index (χ3n) is 2.17. The second kappa shape index (κ2) is 7.73. The number of carbonyl (C=O) groups is 1. The third-order valence-corrected chi connectivity index (χ3v) is 2.17. The Balaban J connectivity index is 3.41. The van der Waals surface area contributed by atoms with E-state index in [-0.39, 0.29) is 6.54 Å². The molecule has 4 N–H and O–H groups in total. The van der Waals surface area contributed by atoms with Gasteiger partial charge in [0.15, 0.2) is 0 Å². The minimum absolute atomic E-state index is 0.233. The second-order valence-corrected chi connectivity index (χ2v) is 3.15. The summed E-state index contributed by atoms with van der Waals surface area (Å²) >= 11 is 0. The van der Waals surface area contributed by atoms with Crippen LogP contribution in [-0.4, -0.2) is 54.7 Å². The van der Waals surface area contributed by atoms with Crippen LogP contribution in [0.2, 0.25) is 0 Å². The van der Waals surface area contributed by atoms with Gasteiger partial charge < -0.3 is 21.1 Å². The molecule has 0 radical (unpaired) electrons. The number of rotatable bonds is 8. The van der Waals surface area contributed by atoms with Crippen LogP contribution < -0.4 is 11.1 Å². The standard InChI is InChI=1S/C9H21N3O2/c1-3-12(4-2)6-5-11-7-8(13)9(10)14/h8,11,13H,3-7H2,1-2H3,(H2,10,14). The van der Waals surface area contributed by atoms with E-state index in [1.54, 1.807) is 0 Å². The van der Waals surface area contributed by atoms with Crippen molar-refractivity contribution in [1.29, 1.82) is 0 Å². The van der Waals surface area contributed by atoms with Gasteiger partial charge in [0.1, 0.15) is 6.10 Å². The normalized spacial score (nSPS) is 13.1. The fourth-order valence-electron chi connectivity index (χ4n) is 1.12. The number of likely N-dealkylation sites (N-methyl/N-ethyl adjacent to an activating group) is 1. The van der Waals surface area contributed by atoms with E-state index in [4.69, 9.17) is 10.8 Å². The molecule has 0 rings (SSSR count). The molecule has 0 aromatic rings. The van der Waals surface area contributed by atoms with Gasteiger partial charge >= 0.3 is 0 Å². The average molecular weight is 203 g/mol. The van der Waals surface area contributed by atoms with Crippen LogP contribution in [0, 0.1) is 0 Å². The number of primary amides is 1. The largest absolute Gasteiger partial charge is 0.382 e. The van der Waals surface area contributed by atoms with E-state index in [1.165, 1.54) is 0 Å². The third kappa shape index (κ3) is 5.90. The number of nitrogens with zero attached hydrogens (tertiary/aromatic N) is 1. The number of aliphatic hydroxyl groups is 1. The zero-order valence-corrected chi connectivity index (χ0v) is 8.99. The van der Waals surface area contributed by atoms with Crippen LogP contribution in [0.15, 0.2) is 0 Å². The van der Waals surface area contributed by atoms with Crippen molar-refractivity contribution in [1.82, 2.24) is 10.2 Å². The Kier molecular flexibility index (Phi) is 7.37. The van der Waals surface area contributed by atoms with E-state index in [2.05, 4.69) is 24.1 Å². The molecular weight excluding hydrogens is 182 g/mol. The van der Waals surface area contributed by atoms with Gasteiger partial charge in [0, 0.05) is 19.6 Å². The molecule has 1 atom stereocenters. The summed E-state index contributed by atoms with van der Waals surface area (Å²) in [6.07, 6.45) is -1.08. The van der Waals surface area contributed by atoms with Crippen LogP contribution in [0.4, 0.5) is 0 Å². The first-order chi connectivity index (χ1) is 6.61. The van der Waals surface area contributed by atoms with Gasteiger partial charge in [0.2, 0.25) is 5.91 Å². The zero-order valence-electron chi connectivity index (χ0n) is 8.99. The van der Waals surface area contributed by atoms with Crippen molar-refractivity contribution < 1.29 is 9.90 Å². The quantitative estimate of drug-likeness (QED) is 0.431. The summed E-state index contributed by atoms with van der Waals surface area (Å²) in [4.78, 5) is 12.7. The van der Waals surface area contributed by atoms with Gasteiger partial charge in [-0.1, -0.05) is 13.8 Å². The first-order valence-corrected chi connectivity index (χ1v) is 5.02. The van der Waals surface area contributed by atoms with Crippen molar-refractivity contribution >= 4 is 5.91 Å². The lowest BCUT2D eigenvalue weighted by molar-refractivity contribution is -0.125. The van der Waals surface area contributed by atoms with Crippen LogP contribution in [0.5, 0.6) is 0 Å². The molecule has 0 aliphatic heterocycles. The van der Waals surface area contributed by atoms with Gasteiger partial charge in [0.25, 0.3) is 0 Å². The second-order valence-electron chi connectivity index (χ2n) is 3.15. The van der Waals surface area contributed by atoms with E-state index >= 15 is 0 Å². The highest BCUT2D eigenvalue weighted by Crippen LogP contribution is 1.84. The fraction of sp³-hybridized carbons (Fsp3) is 0.889. The SMILES string of the molecule is CCN(CC)CCNCC(O)C(N)=O. The van der Waals surface area contributed by atoms with Crippen LogP contribution >= 0.6 is 0 Å². The van der Waals surface area contributed by atoms with Crippen molar-refractivity contribution in [3.63, 3.8) is 0 Å². The Morgan fingerprint density at radius 1 is 1.50 bits per heavy atom. The Hall–Kier alpha value is -0.650. The molecule has 0 bridgehead atoms. The van der Waals surface area contributed by atoms with Gasteiger partial charge in [-0.15, -0.1) is 0 Å².